The van der Waals surface area contributed by atoms with E-state index in [1.807, 2.05) is 35.2 Å². The van der Waals surface area contributed by atoms with E-state index in [1.54, 1.807) is 23.7 Å². The third kappa shape index (κ3) is 9.06. The number of sulfonamides is 1. The number of benzene rings is 1. The van der Waals surface area contributed by atoms with Crippen molar-refractivity contribution in [3.8, 4) is 0 Å². The van der Waals surface area contributed by atoms with Crippen LogP contribution in [0.4, 0.5) is 4.79 Å². The van der Waals surface area contributed by atoms with Gasteiger partial charge in [0.1, 0.15) is 5.82 Å². The average molecular weight is 548 g/mol. The fraction of sp³-hybridized carbons (Fsp3) is 0.667. The van der Waals surface area contributed by atoms with Crippen molar-refractivity contribution in [1.82, 2.24) is 34.2 Å². The Morgan fingerprint density at radius 3 is 2.45 bits per heavy atom. The van der Waals surface area contributed by atoms with Crippen LogP contribution in [0.15, 0.2) is 30.3 Å². The lowest BCUT2D eigenvalue weighted by atomic mass is 10.1. The Balaban J connectivity index is 1.72. The number of carbonyl (C=O) groups is 1. The minimum atomic E-state index is -3.53. The Morgan fingerprint density at radius 1 is 1.11 bits per heavy atom. The summed E-state index contributed by atoms with van der Waals surface area (Å²) < 4.78 is 30.8. The van der Waals surface area contributed by atoms with Gasteiger partial charge in [-0.25, -0.2) is 22.9 Å². The first-order chi connectivity index (χ1) is 18.2. The highest BCUT2D eigenvalue weighted by atomic mass is 32.2. The Morgan fingerprint density at radius 2 is 1.79 bits per heavy atom. The molecule has 1 aliphatic rings. The third-order valence-corrected chi connectivity index (χ3v) is 8.62. The molecule has 0 unspecified atom stereocenters. The number of nitrogens with zero attached hydrogens (tertiary/aromatic N) is 6. The third-order valence-electron chi connectivity index (χ3n) is 7.15. The number of piperidine rings is 1. The van der Waals surface area contributed by atoms with Crippen LogP contribution in [0.25, 0.3) is 0 Å². The molecule has 0 bridgehead atoms. The maximum Gasteiger partial charge on any atom is 0.320 e. The quantitative estimate of drug-likeness (QED) is 0.390. The first-order valence-electron chi connectivity index (χ1n) is 13.9. The molecule has 212 valence electrons. The number of rotatable bonds is 14. The van der Waals surface area contributed by atoms with Crippen LogP contribution >= 0.6 is 0 Å². The largest absolute Gasteiger partial charge is 0.325 e. The van der Waals surface area contributed by atoms with Crippen LogP contribution in [-0.4, -0.2) is 89.4 Å². The van der Waals surface area contributed by atoms with Crippen molar-refractivity contribution in [2.75, 3.05) is 45.5 Å². The molecule has 2 amide bonds. The molecule has 1 aliphatic heterocycles. The van der Waals surface area contributed by atoms with Crippen LogP contribution in [0.5, 0.6) is 0 Å². The van der Waals surface area contributed by atoms with E-state index < -0.39 is 16.1 Å². The molecule has 38 heavy (non-hydrogen) atoms. The fourth-order valence-electron chi connectivity index (χ4n) is 4.92. The Kier molecular flexibility index (Phi) is 11.5. The zero-order valence-electron chi connectivity index (χ0n) is 23.5. The molecule has 3 rings (SSSR count). The van der Waals surface area contributed by atoms with Crippen LogP contribution in [0, 0.1) is 0 Å². The first-order valence-corrected chi connectivity index (χ1v) is 15.5. The summed E-state index contributed by atoms with van der Waals surface area (Å²) in [6.45, 7) is 8.54. The first kappa shape index (κ1) is 30.0. The number of aryl methyl sites for hydroxylation is 2. The number of urea groups is 1. The van der Waals surface area contributed by atoms with Crippen molar-refractivity contribution >= 4 is 16.1 Å². The van der Waals surface area contributed by atoms with Crippen molar-refractivity contribution in [2.45, 2.75) is 65.0 Å². The van der Waals surface area contributed by atoms with Crippen LogP contribution in [0.3, 0.4) is 0 Å². The van der Waals surface area contributed by atoms with E-state index in [9.17, 15) is 13.2 Å². The molecule has 0 saturated carbocycles. The summed E-state index contributed by atoms with van der Waals surface area (Å²) in [4.78, 5) is 23.3. The number of hydrogen-bond donors (Lipinski definition) is 1. The lowest BCUT2D eigenvalue weighted by Gasteiger charge is -2.30. The summed E-state index contributed by atoms with van der Waals surface area (Å²) >= 11 is 0. The monoisotopic (exact) mass is 547 g/mol. The number of likely N-dealkylation sites (tertiary alicyclic amines) is 1. The fourth-order valence-corrected chi connectivity index (χ4v) is 6.20. The second-order valence-electron chi connectivity index (χ2n) is 10.1. The van der Waals surface area contributed by atoms with Gasteiger partial charge in [-0.2, -0.15) is 5.10 Å². The van der Waals surface area contributed by atoms with Crippen molar-refractivity contribution in [2.24, 2.45) is 7.05 Å². The number of aromatic nitrogens is 3. The molecule has 11 heteroatoms. The SMILES string of the molecule is CCN(CC)CCCS(=O)(=O)N[C@H](CCc1ccccc1)c1nc(CN(C)C(=O)N2CCCCC2)nn1C. The highest BCUT2D eigenvalue weighted by molar-refractivity contribution is 7.89. The zero-order valence-corrected chi connectivity index (χ0v) is 24.3. The van der Waals surface area contributed by atoms with Crippen LogP contribution < -0.4 is 4.72 Å². The average Bonchev–Trinajstić information content (AvgIpc) is 3.29. The van der Waals surface area contributed by atoms with E-state index in [-0.39, 0.29) is 18.3 Å². The van der Waals surface area contributed by atoms with Crippen molar-refractivity contribution in [3.05, 3.63) is 47.5 Å². The van der Waals surface area contributed by atoms with Gasteiger partial charge in [-0.05, 0) is 63.7 Å². The minimum Gasteiger partial charge on any atom is -0.325 e. The summed E-state index contributed by atoms with van der Waals surface area (Å²) in [5.74, 6) is 1.12. The molecule has 1 saturated heterocycles. The minimum absolute atomic E-state index is 0.0202. The van der Waals surface area contributed by atoms with Crippen LogP contribution in [0.2, 0.25) is 0 Å². The number of hydrogen-bond acceptors (Lipinski definition) is 6. The molecule has 0 spiro atoms. The van der Waals surface area contributed by atoms with Gasteiger partial charge in [-0.3, -0.25) is 4.68 Å². The molecule has 1 atom stereocenters. The molecule has 1 N–H and O–H groups in total. The van der Waals surface area contributed by atoms with Gasteiger partial charge in [-0.1, -0.05) is 44.2 Å². The molecule has 0 radical (unpaired) electrons. The van der Waals surface area contributed by atoms with Gasteiger partial charge in [0.15, 0.2) is 5.82 Å². The van der Waals surface area contributed by atoms with E-state index in [1.165, 1.54) is 0 Å². The molecule has 1 fully saturated rings. The second-order valence-corrected chi connectivity index (χ2v) is 12.0. The molecule has 2 aromatic rings. The zero-order chi connectivity index (χ0) is 27.5. The standard InChI is InChI=1S/C27H45N7O3S/c1-5-33(6-2)18-13-21-38(36,37)30-24(17-16-23-14-9-7-10-15-23)26-28-25(29-32(26)4)22-31(3)27(35)34-19-11-8-12-20-34/h7,9-10,14-15,24,30H,5-6,8,11-13,16-22H2,1-4H3/t24-/m1/s1. The summed E-state index contributed by atoms with van der Waals surface area (Å²) in [6, 6.07) is 9.47. The Labute approximate surface area is 228 Å². The molecular formula is C27H45N7O3S. The van der Waals surface area contributed by atoms with Crippen molar-refractivity contribution in [3.63, 3.8) is 0 Å². The summed E-state index contributed by atoms with van der Waals surface area (Å²) in [5.41, 5.74) is 1.13. The Hall–Kier alpha value is -2.50. The maximum absolute atomic E-state index is 13.1. The highest BCUT2D eigenvalue weighted by Crippen LogP contribution is 2.20. The Bertz CT molecular complexity index is 1100. The van der Waals surface area contributed by atoms with Gasteiger partial charge in [0.2, 0.25) is 10.0 Å². The smallest absolute Gasteiger partial charge is 0.320 e. The number of amides is 2. The van der Waals surface area contributed by atoms with Gasteiger partial charge in [0, 0.05) is 27.2 Å². The van der Waals surface area contributed by atoms with E-state index >= 15 is 0 Å². The molecule has 1 aromatic heterocycles. The maximum atomic E-state index is 13.1. The van der Waals surface area contributed by atoms with E-state index in [4.69, 9.17) is 4.98 Å². The summed E-state index contributed by atoms with van der Waals surface area (Å²) in [7, 11) is 0.00967. The normalized spacial score (nSPS) is 15.1. The van der Waals surface area contributed by atoms with Gasteiger partial charge < -0.3 is 14.7 Å². The highest BCUT2D eigenvalue weighted by Gasteiger charge is 2.26. The predicted octanol–water partition coefficient (Wildman–Crippen LogP) is 3.18. The van der Waals surface area contributed by atoms with E-state index in [2.05, 4.69) is 28.6 Å². The van der Waals surface area contributed by atoms with Gasteiger partial charge in [0.05, 0.1) is 18.3 Å². The van der Waals surface area contributed by atoms with E-state index in [0.717, 1.165) is 57.5 Å². The predicted molar refractivity (Wildman–Crippen MR) is 150 cm³/mol. The summed E-state index contributed by atoms with van der Waals surface area (Å²) in [6.07, 6.45) is 5.04. The lowest BCUT2D eigenvalue weighted by Crippen LogP contribution is -2.43. The second kappa shape index (κ2) is 14.6. The van der Waals surface area contributed by atoms with Crippen LogP contribution in [0.1, 0.15) is 69.2 Å². The molecule has 2 heterocycles. The molecule has 1 aromatic carbocycles. The van der Waals surface area contributed by atoms with Crippen molar-refractivity contribution in [1.29, 1.82) is 0 Å². The van der Waals surface area contributed by atoms with Gasteiger partial charge in [-0.15, -0.1) is 0 Å². The lowest BCUT2D eigenvalue weighted by molar-refractivity contribution is 0.150. The van der Waals surface area contributed by atoms with Gasteiger partial charge >= 0.3 is 6.03 Å². The number of carbonyl (C=O) groups excluding carboxylic acids is 1. The van der Waals surface area contributed by atoms with Gasteiger partial charge in [0.25, 0.3) is 0 Å². The van der Waals surface area contributed by atoms with Crippen LogP contribution in [-0.2, 0) is 30.0 Å². The van der Waals surface area contributed by atoms with Crippen molar-refractivity contribution < 1.29 is 13.2 Å². The summed E-state index contributed by atoms with van der Waals surface area (Å²) in [5, 5.41) is 4.54. The topological polar surface area (TPSA) is 104 Å². The molecule has 10 nitrogen and oxygen atoms in total. The van der Waals surface area contributed by atoms with E-state index in [0.29, 0.717) is 30.9 Å². The molecule has 0 aliphatic carbocycles. The molecular weight excluding hydrogens is 502 g/mol. The number of nitrogens with one attached hydrogen (secondary N) is 1.